The van der Waals surface area contributed by atoms with Crippen molar-refractivity contribution in [2.24, 2.45) is 0 Å². The third kappa shape index (κ3) is 3.80. The number of aryl methyl sites for hydroxylation is 1. The summed E-state index contributed by atoms with van der Waals surface area (Å²) >= 11 is 2.87. The molecule has 31 heavy (non-hydrogen) atoms. The number of aromatic amines is 1. The van der Waals surface area contributed by atoms with E-state index < -0.39 is 5.25 Å². The van der Waals surface area contributed by atoms with Gasteiger partial charge >= 0.3 is 0 Å². The van der Waals surface area contributed by atoms with E-state index in [0.717, 1.165) is 36.8 Å². The Balaban J connectivity index is 1.49. The average Bonchev–Trinajstić information content (AvgIpc) is 3.42. The van der Waals surface area contributed by atoms with Crippen molar-refractivity contribution in [2.45, 2.75) is 36.0 Å². The summed E-state index contributed by atoms with van der Waals surface area (Å²) in [5.74, 6) is -0.183. The van der Waals surface area contributed by atoms with Crippen molar-refractivity contribution in [2.75, 3.05) is 5.32 Å². The molecule has 0 spiro atoms. The molecule has 3 aromatic heterocycles. The molecule has 1 aromatic carbocycles. The molecule has 0 saturated carbocycles. The van der Waals surface area contributed by atoms with Crippen LogP contribution in [0.5, 0.6) is 0 Å². The summed E-state index contributed by atoms with van der Waals surface area (Å²) in [6, 6.07) is 11.9. The van der Waals surface area contributed by atoms with Crippen LogP contribution in [0.1, 0.15) is 39.7 Å². The summed E-state index contributed by atoms with van der Waals surface area (Å²) in [6.07, 6.45) is 7.10. The molecule has 0 aliphatic heterocycles. The van der Waals surface area contributed by atoms with Gasteiger partial charge in [-0.15, -0.1) is 11.3 Å². The van der Waals surface area contributed by atoms with Crippen LogP contribution in [0.25, 0.3) is 11.2 Å². The van der Waals surface area contributed by atoms with Gasteiger partial charge in [-0.2, -0.15) is 5.26 Å². The highest BCUT2D eigenvalue weighted by Gasteiger charge is 2.27. The van der Waals surface area contributed by atoms with Crippen molar-refractivity contribution in [3.63, 3.8) is 0 Å². The van der Waals surface area contributed by atoms with Gasteiger partial charge in [0.2, 0.25) is 5.91 Å². The number of hydrogen-bond acceptors (Lipinski definition) is 7. The van der Waals surface area contributed by atoms with Crippen LogP contribution in [0, 0.1) is 11.3 Å². The maximum absolute atomic E-state index is 13.5. The first kappa shape index (κ1) is 19.7. The second kappa shape index (κ2) is 8.49. The highest BCUT2D eigenvalue weighted by atomic mass is 32.2. The molecule has 5 rings (SSSR count). The Morgan fingerprint density at radius 2 is 2.03 bits per heavy atom. The predicted molar refractivity (Wildman–Crippen MR) is 121 cm³/mol. The molecule has 0 unspecified atom stereocenters. The second-order valence-corrected chi connectivity index (χ2v) is 9.40. The number of imidazole rings is 1. The first-order valence-corrected chi connectivity index (χ1v) is 11.7. The topological polar surface area (TPSA) is 107 Å². The van der Waals surface area contributed by atoms with Gasteiger partial charge in [-0.1, -0.05) is 42.1 Å². The number of nitrogens with one attached hydrogen (secondary N) is 2. The van der Waals surface area contributed by atoms with Crippen molar-refractivity contribution in [3.05, 3.63) is 64.6 Å². The number of benzene rings is 1. The molecule has 154 valence electrons. The highest BCUT2D eigenvalue weighted by Crippen LogP contribution is 2.41. The minimum absolute atomic E-state index is 0.183. The summed E-state index contributed by atoms with van der Waals surface area (Å²) in [7, 11) is 0. The Morgan fingerprint density at radius 3 is 2.87 bits per heavy atom. The monoisotopic (exact) mass is 446 g/mol. The van der Waals surface area contributed by atoms with Gasteiger partial charge in [-0.05, 0) is 36.8 Å². The maximum Gasteiger partial charge on any atom is 0.243 e. The fourth-order valence-electron chi connectivity index (χ4n) is 3.79. The molecule has 9 heteroatoms. The van der Waals surface area contributed by atoms with Gasteiger partial charge in [0, 0.05) is 4.88 Å². The molecule has 4 aromatic rings. The number of carbonyl (C=O) groups is 1. The van der Waals surface area contributed by atoms with Gasteiger partial charge in [-0.25, -0.2) is 15.0 Å². The summed E-state index contributed by atoms with van der Waals surface area (Å²) in [6.45, 7) is 0. The Hall–Kier alpha value is -3.22. The first-order chi connectivity index (χ1) is 15.2. The van der Waals surface area contributed by atoms with E-state index in [-0.39, 0.29) is 5.91 Å². The standard InChI is InChI=1S/C22H18N6OS2/c23-10-15-14-8-4-5-9-16(14)30-21(15)28-20(29)18(13-6-2-1-3-7-13)31-22-17-19(25-11-24-17)26-12-27-22/h1-3,6-7,11-12,18H,4-5,8-9H2,(H,28,29)(H,24,25,26,27)/t18-/m0/s1. The van der Waals surface area contributed by atoms with E-state index in [1.165, 1.54) is 34.3 Å². The number of H-pyrrole nitrogens is 1. The van der Waals surface area contributed by atoms with Crippen LogP contribution in [0.4, 0.5) is 5.00 Å². The molecule has 1 amide bonds. The van der Waals surface area contributed by atoms with Crippen LogP contribution in [0.3, 0.4) is 0 Å². The molecule has 1 aliphatic rings. The van der Waals surface area contributed by atoms with Crippen LogP contribution >= 0.6 is 23.1 Å². The summed E-state index contributed by atoms with van der Waals surface area (Å²) < 4.78 is 0. The number of nitriles is 1. The molecular formula is C22H18N6OS2. The Kier molecular flexibility index (Phi) is 5.40. The molecular weight excluding hydrogens is 428 g/mol. The normalized spacial score (nSPS) is 14.0. The molecule has 3 heterocycles. The van der Waals surface area contributed by atoms with Crippen LogP contribution in [0.2, 0.25) is 0 Å². The first-order valence-electron chi connectivity index (χ1n) is 9.96. The Bertz CT molecular complexity index is 1290. The third-order valence-electron chi connectivity index (χ3n) is 5.28. The zero-order valence-corrected chi connectivity index (χ0v) is 18.1. The van der Waals surface area contributed by atoms with Crippen molar-refractivity contribution >= 4 is 45.2 Å². The highest BCUT2D eigenvalue weighted by molar-refractivity contribution is 8.00. The van der Waals surface area contributed by atoms with Gasteiger partial charge in [0.15, 0.2) is 5.65 Å². The SMILES string of the molecule is N#Cc1c(NC(=O)[C@@H](Sc2ncnc3nc[nH]c23)c2ccccc2)sc2c1CCCC2. The number of fused-ring (bicyclic) bond motifs is 2. The predicted octanol–water partition coefficient (Wildman–Crippen LogP) is 4.64. The molecule has 0 fully saturated rings. The fraction of sp³-hybridized carbons (Fsp3) is 0.227. The number of carbonyl (C=O) groups excluding carboxylic acids is 1. The lowest BCUT2D eigenvalue weighted by atomic mass is 9.96. The van der Waals surface area contributed by atoms with E-state index in [4.69, 9.17) is 0 Å². The number of amides is 1. The summed E-state index contributed by atoms with van der Waals surface area (Å²) in [4.78, 5) is 30.4. The molecule has 1 aliphatic carbocycles. The summed E-state index contributed by atoms with van der Waals surface area (Å²) in [5.41, 5.74) is 3.83. The number of hydrogen-bond donors (Lipinski definition) is 2. The fourth-order valence-corrected chi connectivity index (χ4v) is 6.10. The van der Waals surface area contributed by atoms with Gasteiger partial charge in [0.05, 0.1) is 11.9 Å². The van der Waals surface area contributed by atoms with Crippen molar-refractivity contribution < 1.29 is 4.79 Å². The van der Waals surface area contributed by atoms with Gasteiger partial charge in [0.25, 0.3) is 0 Å². The average molecular weight is 447 g/mol. The maximum atomic E-state index is 13.5. The molecule has 7 nitrogen and oxygen atoms in total. The van der Waals surface area contributed by atoms with Gasteiger partial charge in [0.1, 0.15) is 33.2 Å². The van der Waals surface area contributed by atoms with E-state index in [1.54, 1.807) is 6.33 Å². The molecule has 0 radical (unpaired) electrons. The largest absolute Gasteiger partial charge is 0.341 e. The quantitative estimate of drug-likeness (QED) is 0.342. The minimum Gasteiger partial charge on any atom is -0.341 e. The minimum atomic E-state index is -0.548. The van der Waals surface area contributed by atoms with Crippen molar-refractivity contribution in [1.29, 1.82) is 5.26 Å². The van der Waals surface area contributed by atoms with E-state index >= 15 is 0 Å². The second-order valence-electron chi connectivity index (χ2n) is 7.20. The Morgan fingerprint density at radius 1 is 1.19 bits per heavy atom. The zero-order chi connectivity index (χ0) is 21.2. The lowest BCUT2D eigenvalue weighted by Crippen LogP contribution is -2.19. The number of nitrogens with zero attached hydrogens (tertiary/aromatic N) is 4. The van der Waals surface area contributed by atoms with E-state index in [0.29, 0.717) is 26.8 Å². The smallest absolute Gasteiger partial charge is 0.243 e. The molecule has 0 bridgehead atoms. The van der Waals surface area contributed by atoms with Gasteiger partial charge < -0.3 is 10.3 Å². The van der Waals surface area contributed by atoms with E-state index in [2.05, 4.69) is 31.3 Å². The molecule has 0 saturated heterocycles. The third-order valence-corrected chi connectivity index (χ3v) is 7.74. The molecule has 1 atom stereocenters. The van der Waals surface area contributed by atoms with Crippen LogP contribution < -0.4 is 5.32 Å². The van der Waals surface area contributed by atoms with Crippen molar-refractivity contribution in [3.8, 4) is 6.07 Å². The number of rotatable bonds is 5. The zero-order valence-electron chi connectivity index (χ0n) is 16.5. The van der Waals surface area contributed by atoms with Crippen LogP contribution in [-0.2, 0) is 17.6 Å². The van der Waals surface area contributed by atoms with Crippen LogP contribution in [0.15, 0.2) is 48.0 Å². The van der Waals surface area contributed by atoms with E-state index in [9.17, 15) is 10.1 Å². The Labute approximate surface area is 187 Å². The van der Waals surface area contributed by atoms with E-state index in [1.807, 2.05) is 30.3 Å². The number of aromatic nitrogens is 4. The van der Waals surface area contributed by atoms with Crippen molar-refractivity contribution in [1.82, 2.24) is 19.9 Å². The lowest BCUT2D eigenvalue weighted by Gasteiger charge is -2.16. The lowest BCUT2D eigenvalue weighted by molar-refractivity contribution is -0.115. The molecule has 2 N–H and O–H groups in total. The van der Waals surface area contributed by atoms with Crippen LogP contribution in [-0.4, -0.2) is 25.8 Å². The number of thioether (sulfide) groups is 1. The number of thiophene rings is 1. The van der Waals surface area contributed by atoms with Gasteiger partial charge in [-0.3, -0.25) is 4.79 Å². The summed E-state index contributed by atoms with van der Waals surface area (Å²) in [5, 5.41) is 13.5. The number of anilines is 1.